The number of allylic oxidation sites excluding steroid dienone is 1. The van der Waals surface area contributed by atoms with Crippen LogP contribution in [0.3, 0.4) is 0 Å². The molecule has 0 bridgehead atoms. The average molecular weight is 224 g/mol. The van der Waals surface area contributed by atoms with E-state index in [9.17, 15) is 0 Å². The van der Waals surface area contributed by atoms with Crippen LogP contribution in [0.1, 0.15) is 33.6 Å². The average Bonchev–Trinajstić information content (AvgIpc) is 2.26. The van der Waals surface area contributed by atoms with Gasteiger partial charge in [-0.05, 0) is 19.4 Å². The third-order valence-electron chi connectivity index (χ3n) is 2.16. The number of aliphatic imine (C=N–C) groups is 2. The Balaban J connectivity index is 4.91. The topological polar surface area (TPSA) is 40.0 Å². The van der Waals surface area contributed by atoms with Crippen LogP contribution in [0, 0.1) is 0 Å². The number of nitrogens with one attached hydrogen (secondary N) is 1. The van der Waals surface area contributed by atoms with Gasteiger partial charge >= 0.3 is 0 Å². The van der Waals surface area contributed by atoms with Gasteiger partial charge in [0, 0.05) is 27.6 Å². The maximum absolute atomic E-state index is 4.48. The standard InChI is InChI=1S/C12H24N4/c1-7-9-12(13-4)15-11(8-2)14-10(3)16(5)6/h9,13H,7-8H2,1-6H3/b12-9-,14-10?,15-11-. The van der Waals surface area contributed by atoms with Gasteiger partial charge in [-0.1, -0.05) is 13.8 Å². The fourth-order valence-electron chi connectivity index (χ4n) is 1.01. The number of hydrogen-bond acceptors (Lipinski definition) is 2. The summed E-state index contributed by atoms with van der Waals surface area (Å²) in [5, 5.41) is 3.06. The smallest absolute Gasteiger partial charge is 0.132 e. The molecule has 0 radical (unpaired) electrons. The summed E-state index contributed by atoms with van der Waals surface area (Å²) in [6.07, 6.45) is 3.84. The van der Waals surface area contributed by atoms with E-state index in [1.165, 1.54) is 0 Å². The number of rotatable bonds is 4. The summed E-state index contributed by atoms with van der Waals surface area (Å²) in [6.45, 7) is 6.13. The van der Waals surface area contributed by atoms with Gasteiger partial charge in [0.25, 0.3) is 0 Å². The molecule has 4 nitrogen and oxygen atoms in total. The van der Waals surface area contributed by atoms with Gasteiger partial charge in [0.1, 0.15) is 17.5 Å². The van der Waals surface area contributed by atoms with Gasteiger partial charge in [-0.2, -0.15) is 0 Å². The predicted molar refractivity (Wildman–Crippen MR) is 72.0 cm³/mol. The first-order valence-corrected chi connectivity index (χ1v) is 5.73. The summed E-state index contributed by atoms with van der Waals surface area (Å²) in [6, 6.07) is 0. The summed E-state index contributed by atoms with van der Waals surface area (Å²) < 4.78 is 0. The van der Waals surface area contributed by atoms with E-state index >= 15 is 0 Å². The van der Waals surface area contributed by atoms with Crippen LogP contribution in [-0.4, -0.2) is 37.7 Å². The van der Waals surface area contributed by atoms with E-state index in [4.69, 9.17) is 0 Å². The summed E-state index contributed by atoms with van der Waals surface area (Å²) >= 11 is 0. The minimum Gasteiger partial charge on any atom is -0.373 e. The molecule has 0 aliphatic heterocycles. The highest BCUT2D eigenvalue weighted by Crippen LogP contribution is 1.99. The van der Waals surface area contributed by atoms with E-state index in [-0.39, 0.29) is 0 Å². The fraction of sp³-hybridized carbons (Fsp3) is 0.667. The van der Waals surface area contributed by atoms with Crippen LogP contribution >= 0.6 is 0 Å². The third kappa shape index (κ3) is 5.53. The van der Waals surface area contributed by atoms with Gasteiger partial charge in [-0.3, -0.25) is 0 Å². The molecule has 0 heterocycles. The first-order chi connectivity index (χ1) is 7.54. The molecule has 92 valence electrons. The number of hydrogen-bond donors (Lipinski definition) is 1. The first-order valence-electron chi connectivity index (χ1n) is 5.73. The Bertz CT molecular complexity index is 287. The van der Waals surface area contributed by atoms with Gasteiger partial charge in [-0.25, -0.2) is 9.98 Å². The Kier molecular flexibility index (Phi) is 7.25. The van der Waals surface area contributed by atoms with E-state index in [0.29, 0.717) is 0 Å². The molecular formula is C12H24N4. The third-order valence-corrected chi connectivity index (χ3v) is 2.16. The molecular weight excluding hydrogens is 200 g/mol. The maximum Gasteiger partial charge on any atom is 0.132 e. The quantitative estimate of drug-likeness (QED) is 0.587. The molecule has 0 unspecified atom stereocenters. The molecule has 0 saturated heterocycles. The second kappa shape index (κ2) is 7.91. The molecule has 0 aromatic heterocycles. The molecule has 0 fully saturated rings. The van der Waals surface area contributed by atoms with Crippen LogP contribution in [0.25, 0.3) is 0 Å². The zero-order valence-corrected chi connectivity index (χ0v) is 11.3. The summed E-state index contributed by atoms with van der Waals surface area (Å²) in [4.78, 5) is 10.9. The highest BCUT2D eigenvalue weighted by molar-refractivity contribution is 5.96. The van der Waals surface area contributed by atoms with Crippen molar-refractivity contribution in [1.82, 2.24) is 10.2 Å². The summed E-state index contributed by atoms with van der Waals surface area (Å²) in [5.74, 6) is 2.70. The highest BCUT2D eigenvalue weighted by atomic mass is 15.2. The van der Waals surface area contributed by atoms with Gasteiger partial charge in [0.2, 0.25) is 0 Å². The number of amidine groups is 2. The van der Waals surface area contributed by atoms with E-state index in [1.807, 2.05) is 33.0 Å². The molecule has 0 atom stereocenters. The van der Waals surface area contributed by atoms with Crippen molar-refractivity contribution in [2.45, 2.75) is 33.6 Å². The monoisotopic (exact) mass is 224 g/mol. The Morgan fingerprint density at radius 1 is 1.25 bits per heavy atom. The van der Waals surface area contributed by atoms with Crippen LogP contribution < -0.4 is 5.32 Å². The normalized spacial score (nSPS) is 14.0. The van der Waals surface area contributed by atoms with E-state index < -0.39 is 0 Å². The van der Waals surface area contributed by atoms with Crippen LogP contribution in [0.15, 0.2) is 21.9 Å². The first kappa shape index (κ1) is 14.7. The second-order valence-electron chi connectivity index (χ2n) is 3.68. The molecule has 16 heavy (non-hydrogen) atoms. The fourth-order valence-corrected chi connectivity index (χ4v) is 1.01. The maximum atomic E-state index is 4.48. The zero-order valence-electron chi connectivity index (χ0n) is 11.3. The van der Waals surface area contributed by atoms with Crippen LogP contribution in [0.4, 0.5) is 0 Å². The van der Waals surface area contributed by atoms with Gasteiger partial charge in [0.15, 0.2) is 0 Å². The van der Waals surface area contributed by atoms with Crippen molar-refractivity contribution in [2.24, 2.45) is 9.98 Å². The van der Waals surface area contributed by atoms with E-state index in [1.54, 1.807) is 0 Å². The van der Waals surface area contributed by atoms with Crippen LogP contribution in [0.5, 0.6) is 0 Å². The van der Waals surface area contributed by atoms with Crippen molar-refractivity contribution in [2.75, 3.05) is 21.1 Å². The molecule has 0 amide bonds. The largest absolute Gasteiger partial charge is 0.373 e. The Morgan fingerprint density at radius 2 is 1.88 bits per heavy atom. The Morgan fingerprint density at radius 3 is 2.25 bits per heavy atom. The highest BCUT2D eigenvalue weighted by Gasteiger charge is 1.98. The number of nitrogens with zero attached hydrogens (tertiary/aromatic N) is 3. The molecule has 1 N–H and O–H groups in total. The molecule has 0 aliphatic carbocycles. The lowest BCUT2D eigenvalue weighted by Gasteiger charge is -2.11. The molecule has 0 aromatic rings. The minimum atomic E-state index is 0.827. The van der Waals surface area contributed by atoms with Crippen molar-refractivity contribution in [1.29, 1.82) is 0 Å². The van der Waals surface area contributed by atoms with Crippen LogP contribution in [-0.2, 0) is 0 Å². The van der Waals surface area contributed by atoms with Crippen molar-refractivity contribution < 1.29 is 0 Å². The van der Waals surface area contributed by atoms with Crippen molar-refractivity contribution in [3.63, 3.8) is 0 Å². The Labute approximate surface area is 99.2 Å². The minimum absolute atomic E-state index is 0.827. The molecule has 0 spiro atoms. The lowest BCUT2D eigenvalue weighted by atomic mass is 10.4. The molecule has 0 rings (SSSR count). The van der Waals surface area contributed by atoms with Crippen molar-refractivity contribution in [3.8, 4) is 0 Å². The molecule has 0 aliphatic rings. The lowest BCUT2D eigenvalue weighted by molar-refractivity contribution is 0.619. The van der Waals surface area contributed by atoms with Crippen molar-refractivity contribution >= 4 is 11.7 Å². The zero-order chi connectivity index (χ0) is 12.6. The van der Waals surface area contributed by atoms with Crippen LogP contribution in [0.2, 0.25) is 0 Å². The van der Waals surface area contributed by atoms with E-state index in [0.717, 1.165) is 30.3 Å². The van der Waals surface area contributed by atoms with E-state index in [2.05, 4.69) is 35.2 Å². The summed E-state index contributed by atoms with van der Waals surface area (Å²) in [7, 11) is 5.83. The lowest BCUT2D eigenvalue weighted by Crippen LogP contribution is -2.20. The molecule has 4 heteroatoms. The molecule has 0 aromatic carbocycles. The Hall–Kier alpha value is -1.32. The van der Waals surface area contributed by atoms with Crippen molar-refractivity contribution in [3.05, 3.63) is 11.9 Å². The predicted octanol–water partition coefficient (Wildman–Crippen LogP) is 2.25. The van der Waals surface area contributed by atoms with Gasteiger partial charge in [-0.15, -0.1) is 0 Å². The van der Waals surface area contributed by atoms with Gasteiger partial charge < -0.3 is 10.2 Å². The SMILES string of the molecule is CC/C=C(\N=C(\CC)N=C(C)N(C)C)NC. The summed E-state index contributed by atoms with van der Waals surface area (Å²) in [5.41, 5.74) is 0. The molecule has 0 saturated carbocycles. The second-order valence-corrected chi connectivity index (χ2v) is 3.68. The van der Waals surface area contributed by atoms with Gasteiger partial charge in [0.05, 0.1) is 0 Å².